The first-order valence-corrected chi connectivity index (χ1v) is 11.3. The number of guanidine groups is 1. The fourth-order valence-corrected chi connectivity index (χ4v) is 4.18. The van der Waals surface area contributed by atoms with Gasteiger partial charge in [0.2, 0.25) is 0 Å². The van der Waals surface area contributed by atoms with Gasteiger partial charge in [0.15, 0.2) is 5.96 Å². The van der Waals surface area contributed by atoms with Gasteiger partial charge in [-0.25, -0.2) is 4.99 Å². The minimum Gasteiger partial charge on any atom is -0.379 e. The third-order valence-corrected chi connectivity index (χ3v) is 6.05. The van der Waals surface area contributed by atoms with E-state index < -0.39 is 0 Å². The van der Waals surface area contributed by atoms with Crippen LogP contribution >= 0.6 is 24.0 Å². The van der Waals surface area contributed by atoms with Crippen molar-refractivity contribution in [3.8, 4) is 0 Å². The summed E-state index contributed by atoms with van der Waals surface area (Å²) in [4.78, 5) is 7.35. The SMILES string of the molecule is CCNC(=NCc1ccccc1CN1CCOCC1)NCC1CC1c1ccccc1.I. The van der Waals surface area contributed by atoms with Gasteiger partial charge in [0.05, 0.1) is 19.8 Å². The van der Waals surface area contributed by atoms with Crippen molar-refractivity contribution in [3.63, 3.8) is 0 Å². The third-order valence-electron chi connectivity index (χ3n) is 6.05. The number of nitrogens with one attached hydrogen (secondary N) is 2. The molecule has 31 heavy (non-hydrogen) atoms. The topological polar surface area (TPSA) is 48.9 Å². The molecular formula is C25H35IN4O. The Morgan fingerprint density at radius 3 is 2.45 bits per heavy atom. The number of rotatable bonds is 8. The zero-order valence-corrected chi connectivity index (χ0v) is 20.8. The molecule has 2 fully saturated rings. The summed E-state index contributed by atoms with van der Waals surface area (Å²) in [6, 6.07) is 19.5. The summed E-state index contributed by atoms with van der Waals surface area (Å²) in [7, 11) is 0. The van der Waals surface area contributed by atoms with Gasteiger partial charge in [-0.1, -0.05) is 54.6 Å². The maximum absolute atomic E-state index is 5.48. The van der Waals surface area contributed by atoms with E-state index in [4.69, 9.17) is 9.73 Å². The van der Waals surface area contributed by atoms with Crippen LogP contribution in [0.25, 0.3) is 0 Å². The second-order valence-electron chi connectivity index (χ2n) is 8.25. The molecule has 0 aromatic heterocycles. The number of halogens is 1. The molecule has 1 aliphatic carbocycles. The van der Waals surface area contributed by atoms with E-state index in [2.05, 4.69) is 77.1 Å². The van der Waals surface area contributed by atoms with Crippen molar-refractivity contribution in [3.05, 3.63) is 71.3 Å². The zero-order valence-electron chi connectivity index (χ0n) is 18.4. The lowest BCUT2D eigenvalue weighted by Crippen LogP contribution is -2.38. The van der Waals surface area contributed by atoms with E-state index in [9.17, 15) is 0 Å². The maximum atomic E-state index is 5.48. The molecule has 2 unspecified atom stereocenters. The summed E-state index contributed by atoms with van der Waals surface area (Å²) in [5.41, 5.74) is 4.13. The van der Waals surface area contributed by atoms with Crippen molar-refractivity contribution >= 4 is 29.9 Å². The summed E-state index contributed by atoms with van der Waals surface area (Å²) in [6.45, 7) is 9.31. The lowest BCUT2D eigenvalue weighted by Gasteiger charge is -2.27. The van der Waals surface area contributed by atoms with Crippen LogP contribution in [0.3, 0.4) is 0 Å². The predicted octanol–water partition coefficient (Wildman–Crippen LogP) is 4.00. The first-order chi connectivity index (χ1) is 14.8. The molecule has 0 amide bonds. The summed E-state index contributed by atoms with van der Waals surface area (Å²) in [6.07, 6.45) is 1.26. The first-order valence-electron chi connectivity index (χ1n) is 11.3. The maximum Gasteiger partial charge on any atom is 0.191 e. The fraction of sp³-hybridized carbons (Fsp3) is 0.480. The Labute approximate surface area is 203 Å². The quantitative estimate of drug-likeness (QED) is 0.306. The van der Waals surface area contributed by atoms with Crippen LogP contribution in [0.1, 0.15) is 36.0 Å². The zero-order chi connectivity index (χ0) is 20.6. The molecule has 0 radical (unpaired) electrons. The molecule has 1 saturated carbocycles. The molecule has 168 valence electrons. The van der Waals surface area contributed by atoms with Gasteiger partial charge >= 0.3 is 0 Å². The average Bonchev–Trinajstić information content (AvgIpc) is 3.58. The van der Waals surface area contributed by atoms with E-state index in [1.54, 1.807) is 0 Å². The molecule has 0 bridgehead atoms. The van der Waals surface area contributed by atoms with Crippen LogP contribution in [0.2, 0.25) is 0 Å². The molecule has 2 aromatic rings. The van der Waals surface area contributed by atoms with E-state index in [1.165, 1.54) is 23.1 Å². The Bertz CT molecular complexity index is 823. The largest absolute Gasteiger partial charge is 0.379 e. The molecule has 2 aliphatic rings. The Morgan fingerprint density at radius 1 is 1.00 bits per heavy atom. The van der Waals surface area contributed by atoms with Gasteiger partial charge in [-0.05, 0) is 41.9 Å². The molecule has 6 heteroatoms. The second kappa shape index (κ2) is 12.4. The van der Waals surface area contributed by atoms with Crippen LogP contribution in [0.4, 0.5) is 0 Å². The van der Waals surface area contributed by atoms with Crippen molar-refractivity contribution in [2.45, 2.75) is 32.4 Å². The van der Waals surface area contributed by atoms with E-state index >= 15 is 0 Å². The summed E-state index contributed by atoms with van der Waals surface area (Å²) in [5.74, 6) is 2.30. The highest BCUT2D eigenvalue weighted by molar-refractivity contribution is 14.0. The number of hydrogen-bond donors (Lipinski definition) is 2. The van der Waals surface area contributed by atoms with Gasteiger partial charge in [0, 0.05) is 32.7 Å². The first kappa shape index (κ1) is 24.0. The molecule has 5 nitrogen and oxygen atoms in total. The average molecular weight is 534 g/mol. The van der Waals surface area contributed by atoms with Crippen LogP contribution in [0.5, 0.6) is 0 Å². The van der Waals surface area contributed by atoms with Gasteiger partial charge in [-0.2, -0.15) is 0 Å². The van der Waals surface area contributed by atoms with Crippen LogP contribution < -0.4 is 10.6 Å². The highest BCUT2D eigenvalue weighted by Gasteiger charge is 2.37. The molecule has 2 N–H and O–H groups in total. The summed E-state index contributed by atoms with van der Waals surface area (Å²) in [5, 5.41) is 6.97. The lowest BCUT2D eigenvalue weighted by molar-refractivity contribution is 0.0341. The molecule has 0 spiro atoms. The highest BCUT2D eigenvalue weighted by Crippen LogP contribution is 2.46. The molecule has 1 heterocycles. The molecular weight excluding hydrogens is 499 g/mol. The Balaban J connectivity index is 0.00000272. The number of ether oxygens (including phenoxy) is 1. The van der Waals surface area contributed by atoms with Crippen LogP contribution in [-0.4, -0.2) is 50.3 Å². The van der Waals surface area contributed by atoms with Crippen LogP contribution in [0, 0.1) is 5.92 Å². The van der Waals surface area contributed by atoms with E-state index in [0.29, 0.717) is 18.4 Å². The summed E-state index contributed by atoms with van der Waals surface area (Å²) >= 11 is 0. The van der Waals surface area contributed by atoms with Gasteiger partial charge in [0.25, 0.3) is 0 Å². The van der Waals surface area contributed by atoms with Gasteiger partial charge in [-0.15, -0.1) is 24.0 Å². The van der Waals surface area contributed by atoms with Crippen LogP contribution in [0.15, 0.2) is 59.6 Å². The molecule has 4 rings (SSSR count). The van der Waals surface area contributed by atoms with E-state index in [0.717, 1.165) is 51.9 Å². The van der Waals surface area contributed by atoms with Gasteiger partial charge in [0.1, 0.15) is 0 Å². The number of morpholine rings is 1. The van der Waals surface area contributed by atoms with Crippen molar-refractivity contribution < 1.29 is 4.74 Å². The van der Waals surface area contributed by atoms with E-state index in [-0.39, 0.29) is 24.0 Å². The number of hydrogen-bond acceptors (Lipinski definition) is 3. The van der Waals surface area contributed by atoms with Gasteiger partial charge in [-0.3, -0.25) is 4.90 Å². The minimum atomic E-state index is 0. The van der Waals surface area contributed by atoms with Crippen LogP contribution in [-0.2, 0) is 17.8 Å². The number of aliphatic imine (C=N–C) groups is 1. The molecule has 1 saturated heterocycles. The molecule has 1 aliphatic heterocycles. The van der Waals surface area contributed by atoms with Crippen molar-refractivity contribution in [2.75, 3.05) is 39.4 Å². The minimum absolute atomic E-state index is 0. The van der Waals surface area contributed by atoms with Crippen molar-refractivity contribution in [1.29, 1.82) is 0 Å². The number of benzene rings is 2. The Morgan fingerprint density at radius 2 is 1.71 bits per heavy atom. The monoisotopic (exact) mass is 534 g/mol. The lowest BCUT2D eigenvalue weighted by atomic mass is 10.1. The third kappa shape index (κ3) is 7.19. The number of nitrogens with zero attached hydrogens (tertiary/aromatic N) is 2. The van der Waals surface area contributed by atoms with Crippen molar-refractivity contribution in [2.24, 2.45) is 10.9 Å². The van der Waals surface area contributed by atoms with Crippen molar-refractivity contribution in [1.82, 2.24) is 15.5 Å². The Kier molecular flexibility index (Phi) is 9.61. The highest BCUT2D eigenvalue weighted by atomic mass is 127. The Hall–Kier alpha value is -1.64. The standard InChI is InChI=1S/C25H34N4O.HI/c1-2-26-25(28-18-23-16-24(23)20-8-4-3-5-9-20)27-17-21-10-6-7-11-22(21)19-29-12-14-30-15-13-29;/h3-11,23-24H,2,12-19H2,1H3,(H2,26,27,28);1H. The second-order valence-corrected chi connectivity index (χ2v) is 8.25. The van der Waals surface area contributed by atoms with E-state index in [1.807, 2.05) is 0 Å². The molecule has 2 aromatic carbocycles. The van der Waals surface area contributed by atoms with Gasteiger partial charge < -0.3 is 15.4 Å². The molecule has 2 atom stereocenters. The fourth-order valence-electron chi connectivity index (χ4n) is 4.18. The predicted molar refractivity (Wildman–Crippen MR) is 138 cm³/mol. The smallest absolute Gasteiger partial charge is 0.191 e. The normalized spacial score (nSPS) is 21.3. The summed E-state index contributed by atoms with van der Waals surface area (Å²) < 4.78 is 5.48.